The third-order valence-electron chi connectivity index (χ3n) is 4.98. The van der Waals surface area contributed by atoms with Crippen LogP contribution in [0.1, 0.15) is 42.8 Å². The van der Waals surface area contributed by atoms with Crippen molar-refractivity contribution in [2.24, 2.45) is 4.99 Å². The Morgan fingerprint density at radius 3 is 2.81 bits per heavy atom. The highest BCUT2D eigenvalue weighted by molar-refractivity contribution is 5.57. The molecule has 31 heavy (non-hydrogen) atoms. The van der Waals surface area contributed by atoms with Gasteiger partial charge in [0, 0.05) is 11.4 Å². The van der Waals surface area contributed by atoms with Crippen LogP contribution in [0.5, 0.6) is 5.88 Å². The number of hydrogen-bond donors (Lipinski definition) is 4. The molecule has 1 aliphatic carbocycles. The summed E-state index contributed by atoms with van der Waals surface area (Å²) in [6.07, 6.45) is 7.06. The lowest BCUT2D eigenvalue weighted by molar-refractivity contribution is 0.454. The number of nitrogens with one attached hydrogen (secondary N) is 3. The van der Waals surface area contributed by atoms with Crippen molar-refractivity contribution in [2.75, 3.05) is 5.32 Å². The van der Waals surface area contributed by atoms with Crippen molar-refractivity contribution in [3.8, 4) is 5.88 Å². The first-order valence-corrected chi connectivity index (χ1v) is 9.98. The highest BCUT2D eigenvalue weighted by Gasteiger charge is 2.21. The smallest absolute Gasteiger partial charge is 0.326 e. The van der Waals surface area contributed by atoms with Crippen molar-refractivity contribution in [1.29, 1.82) is 0 Å². The molecule has 158 valence electrons. The highest BCUT2D eigenvalue weighted by Crippen LogP contribution is 2.22. The number of aromatic nitrogens is 7. The summed E-state index contributed by atoms with van der Waals surface area (Å²) in [4.78, 5) is 34.6. The molecular weight excluding hydrogens is 398 g/mol. The molecule has 0 radical (unpaired) electrons. The topological polar surface area (TPSA) is 149 Å². The van der Waals surface area contributed by atoms with E-state index in [1.54, 1.807) is 16.8 Å². The first-order valence-electron chi connectivity index (χ1n) is 9.98. The Morgan fingerprint density at radius 1 is 1.29 bits per heavy atom. The SMILES string of the molecule is Cc1ccc(C(C)Nc2nc(=NC3CC3)n3ncc(=Cc4[nH]c(=O)[nH]c4O)c3n2)nc1. The van der Waals surface area contributed by atoms with E-state index >= 15 is 0 Å². The molecule has 1 unspecified atom stereocenters. The summed E-state index contributed by atoms with van der Waals surface area (Å²) >= 11 is 0. The molecule has 0 spiro atoms. The van der Waals surface area contributed by atoms with Crippen LogP contribution in [0.2, 0.25) is 0 Å². The van der Waals surface area contributed by atoms with Crippen LogP contribution in [0.15, 0.2) is 34.3 Å². The van der Waals surface area contributed by atoms with E-state index in [9.17, 15) is 9.90 Å². The van der Waals surface area contributed by atoms with Crippen LogP contribution in [0, 0.1) is 6.92 Å². The summed E-state index contributed by atoms with van der Waals surface area (Å²) in [5, 5.41) is 18.1. The molecule has 1 aliphatic rings. The minimum Gasteiger partial charge on any atom is -0.493 e. The lowest BCUT2D eigenvalue weighted by atomic mass is 10.2. The minimum absolute atomic E-state index is 0.128. The van der Waals surface area contributed by atoms with Crippen LogP contribution >= 0.6 is 0 Å². The van der Waals surface area contributed by atoms with Crippen molar-refractivity contribution < 1.29 is 5.11 Å². The van der Waals surface area contributed by atoms with E-state index in [4.69, 9.17) is 0 Å². The normalized spacial score (nSPS) is 16.2. The largest absolute Gasteiger partial charge is 0.493 e. The van der Waals surface area contributed by atoms with Crippen molar-refractivity contribution in [1.82, 2.24) is 34.5 Å². The van der Waals surface area contributed by atoms with Crippen LogP contribution in [-0.4, -0.2) is 45.7 Å². The minimum atomic E-state index is -0.499. The van der Waals surface area contributed by atoms with Gasteiger partial charge in [0.15, 0.2) is 5.65 Å². The molecule has 4 heterocycles. The van der Waals surface area contributed by atoms with Crippen molar-refractivity contribution in [3.63, 3.8) is 0 Å². The second-order valence-electron chi connectivity index (χ2n) is 7.65. The van der Waals surface area contributed by atoms with Crippen molar-refractivity contribution in [2.45, 2.75) is 38.8 Å². The molecular formula is C20H21N9O2. The Balaban J connectivity index is 1.61. The fourth-order valence-corrected chi connectivity index (χ4v) is 3.15. The average molecular weight is 419 g/mol. The molecule has 1 fully saturated rings. The molecule has 0 aliphatic heterocycles. The van der Waals surface area contributed by atoms with Crippen LogP contribution in [0.3, 0.4) is 0 Å². The molecule has 0 aromatic carbocycles. The Bertz CT molecular complexity index is 1430. The van der Waals surface area contributed by atoms with Gasteiger partial charge in [0.2, 0.25) is 11.8 Å². The summed E-state index contributed by atoms with van der Waals surface area (Å²) in [5.74, 6) is 0.141. The van der Waals surface area contributed by atoms with Gasteiger partial charge in [-0.05, 0) is 44.4 Å². The number of rotatable bonds is 5. The number of aromatic hydroxyl groups is 1. The Kier molecular flexibility index (Phi) is 4.50. The number of imidazole rings is 1. The first-order chi connectivity index (χ1) is 15.0. The van der Waals surface area contributed by atoms with Crippen LogP contribution in [-0.2, 0) is 0 Å². The van der Waals surface area contributed by atoms with Crippen LogP contribution in [0.4, 0.5) is 5.95 Å². The number of aryl methyl sites for hydroxylation is 1. The second kappa shape index (κ2) is 7.35. The predicted molar refractivity (Wildman–Crippen MR) is 112 cm³/mol. The molecule has 5 rings (SSSR count). The molecule has 4 aromatic rings. The summed E-state index contributed by atoms with van der Waals surface area (Å²) < 4.78 is 1.56. The molecule has 0 saturated heterocycles. The molecule has 0 bridgehead atoms. The standard InChI is InChI=1S/C20H21N9O2/c1-10-3-6-14(21-8-10)11(2)23-18-26-16-12(7-15-17(30)27-20(31)25-15)9-22-29(16)19(28-18)24-13-4-5-13/h3,6-9,11,13,30H,4-5H2,1-2H3,(H,23,24,28)(H2,25,27,31). The predicted octanol–water partition coefficient (Wildman–Crippen LogP) is 0.334. The fraction of sp³-hybridized carbons (Fsp3) is 0.300. The summed E-state index contributed by atoms with van der Waals surface area (Å²) in [6.45, 7) is 3.97. The summed E-state index contributed by atoms with van der Waals surface area (Å²) in [5.41, 5.74) is 2.65. The van der Waals surface area contributed by atoms with Gasteiger partial charge in [0.25, 0.3) is 5.62 Å². The molecule has 0 amide bonds. The third kappa shape index (κ3) is 3.89. The lowest BCUT2D eigenvalue weighted by Gasteiger charge is -2.13. The maximum atomic E-state index is 11.4. The van der Waals surface area contributed by atoms with Crippen LogP contribution < -0.4 is 21.8 Å². The van der Waals surface area contributed by atoms with Crippen molar-refractivity contribution >= 4 is 17.7 Å². The van der Waals surface area contributed by atoms with E-state index < -0.39 is 5.69 Å². The fourth-order valence-electron chi connectivity index (χ4n) is 3.15. The van der Waals surface area contributed by atoms with Gasteiger partial charge in [-0.25, -0.2) is 9.79 Å². The molecule has 1 atom stereocenters. The van der Waals surface area contributed by atoms with E-state index in [2.05, 4.69) is 40.3 Å². The number of aromatic amines is 2. The zero-order valence-corrected chi connectivity index (χ0v) is 17.0. The van der Waals surface area contributed by atoms with Gasteiger partial charge >= 0.3 is 5.69 Å². The van der Waals surface area contributed by atoms with Gasteiger partial charge in [-0.15, -0.1) is 0 Å². The van der Waals surface area contributed by atoms with E-state index in [1.165, 1.54) is 0 Å². The Labute approximate surface area is 175 Å². The quantitative estimate of drug-likeness (QED) is 0.364. The molecule has 11 heteroatoms. The number of fused-ring (bicyclic) bond motifs is 1. The van der Waals surface area contributed by atoms with Crippen molar-refractivity contribution in [3.05, 3.63) is 62.8 Å². The molecule has 4 aromatic heterocycles. The number of nitrogens with zero attached hydrogens (tertiary/aromatic N) is 6. The van der Waals surface area contributed by atoms with Gasteiger partial charge < -0.3 is 15.4 Å². The number of hydrogen-bond acceptors (Lipinski definition) is 8. The Morgan fingerprint density at radius 2 is 2.13 bits per heavy atom. The maximum Gasteiger partial charge on any atom is 0.326 e. The summed E-state index contributed by atoms with van der Waals surface area (Å²) in [6, 6.07) is 4.08. The van der Waals surface area contributed by atoms with Crippen LogP contribution in [0.25, 0.3) is 11.7 Å². The van der Waals surface area contributed by atoms with E-state index in [-0.39, 0.29) is 23.7 Å². The monoisotopic (exact) mass is 419 g/mol. The molecule has 11 nitrogen and oxygen atoms in total. The van der Waals surface area contributed by atoms with Gasteiger partial charge in [0.05, 0.1) is 24.0 Å². The van der Waals surface area contributed by atoms with E-state index in [0.717, 1.165) is 24.1 Å². The highest BCUT2D eigenvalue weighted by atomic mass is 16.3. The summed E-state index contributed by atoms with van der Waals surface area (Å²) in [7, 11) is 0. The third-order valence-corrected chi connectivity index (χ3v) is 4.98. The lowest BCUT2D eigenvalue weighted by Crippen LogP contribution is -2.25. The number of pyridine rings is 1. The Hall–Kier alpha value is -4.02. The molecule has 1 saturated carbocycles. The van der Waals surface area contributed by atoms with Gasteiger partial charge in [-0.1, -0.05) is 6.07 Å². The molecule has 4 N–H and O–H groups in total. The second-order valence-corrected chi connectivity index (χ2v) is 7.65. The zero-order chi connectivity index (χ0) is 21.5. The van der Waals surface area contributed by atoms with Gasteiger partial charge in [0.1, 0.15) is 5.69 Å². The average Bonchev–Trinajstić information content (AvgIpc) is 3.37. The number of H-pyrrole nitrogens is 2. The maximum absolute atomic E-state index is 11.4. The first kappa shape index (κ1) is 19.0. The van der Waals surface area contributed by atoms with E-state index in [1.807, 2.05) is 32.2 Å². The van der Waals surface area contributed by atoms with E-state index in [0.29, 0.717) is 22.4 Å². The number of anilines is 1. The van der Waals surface area contributed by atoms with Gasteiger partial charge in [-0.2, -0.15) is 19.6 Å². The van der Waals surface area contributed by atoms with Gasteiger partial charge in [-0.3, -0.25) is 9.97 Å². The zero-order valence-electron chi connectivity index (χ0n) is 17.0.